The minimum absolute atomic E-state index is 0.114. The first kappa shape index (κ1) is 113. The van der Waals surface area contributed by atoms with E-state index in [0.717, 1.165) is 33.3 Å². The lowest BCUT2D eigenvalue weighted by atomic mass is 9.77. The van der Waals surface area contributed by atoms with Crippen molar-refractivity contribution in [1.82, 2.24) is 0 Å². The predicted octanol–water partition coefficient (Wildman–Crippen LogP) is 32.9. The zero-order valence-electron chi connectivity index (χ0n) is 77.7. The highest BCUT2D eigenvalue weighted by atomic mass is 19.4. The average Bonchev–Trinajstić information content (AvgIpc) is 0.753. The summed E-state index contributed by atoms with van der Waals surface area (Å²) in [5.41, 5.74) is -1.28. The molecular weight excluding hydrogens is 1670 g/mol. The van der Waals surface area contributed by atoms with E-state index >= 15 is 0 Å². The van der Waals surface area contributed by atoms with E-state index in [1.54, 1.807) is 55.4 Å². The van der Waals surface area contributed by atoms with Crippen molar-refractivity contribution in [2.75, 3.05) is 0 Å². The summed E-state index contributed by atoms with van der Waals surface area (Å²) in [5, 5.41) is 0. The molecule has 8 rings (SSSR count). The molecule has 690 valence electrons. The van der Waals surface area contributed by atoms with Crippen LogP contribution < -0.4 is 0 Å². The fourth-order valence-electron chi connectivity index (χ4n) is 14.5. The summed E-state index contributed by atoms with van der Waals surface area (Å²) < 4.78 is 358. The van der Waals surface area contributed by atoms with Crippen LogP contribution in [0.5, 0.6) is 0 Å². The highest BCUT2D eigenvalue weighted by Gasteiger charge is 2.43. The van der Waals surface area contributed by atoms with Gasteiger partial charge in [-0.15, -0.1) is 0 Å². The second kappa shape index (κ2) is 40.2. The van der Waals surface area contributed by atoms with Crippen LogP contribution in [0.25, 0.3) is 0 Å². The van der Waals surface area contributed by atoms with Crippen LogP contribution in [0.2, 0.25) is 0 Å². The lowest BCUT2D eigenvalue weighted by Crippen LogP contribution is -2.22. The second-order valence-corrected chi connectivity index (χ2v) is 38.8. The number of hydrogen-bond acceptors (Lipinski definition) is 0. The maximum Gasteiger partial charge on any atom is 0.422 e. The van der Waals surface area contributed by atoms with E-state index in [4.69, 9.17) is 0 Å². The van der Waals surface area contributed by atoms with Gasteiger partial charge in [0.2, 0.25) is 0 Å². The molecule has 0 N–H and O–H groups in total. The third kappa shape index (κ3) is 25.2. The lowest BCUT2D eigenvalue weighted by molar-refractivity contribution is -0.143. The number of benzene rings is 8. The molecule has 0 radical (unpaired) electrons. The van der Waals surface area contributed by atoms with Crippen LogP contribution in [0.3, 0.4) is 0 Å². The molecule has 0 aliphatic heterocycles. The van der Waals surface area contributed by atoms with Crippen LogP contribution in [0, 0.1) is 243 Å². The molecule has 8 aromatic carbocycles. The molecule has 0 nitrogen and oxygen atoms in total. The van der Waals surface area contributed by atoms with Gasteiger partial charge in [0.05, 0.1) is 0 Å². The van der Waals surface area contributed by atoms with E-state index in [1.165, 1.54) is 144 Å². The Kier molecular flexibility index (Phi) is 36.9. The van der Waals surface area contributed by atoms with Crippen molar-refractivity contribution < 1.29 is 119 Å². The van der Waals surface area contributed by atoms with E-state index in [9.17, 15) is 119 Å². The molecule has 8 aromatic rings. The molecule has 0 aromatic heterocycles. The lowest BCUT2D eigenvalue weighted by Gasteiger charge is -2.28. The maximum absolute atomic E-state index is 13.7. The van der Waals surface area contributed by atoms with Gasteiger partial charge in [0.15, 0.2) is 116 Å². The molecule has 0 amide bonds. The van der Waals surface area contributed by atoms with E-state index in [-0.39, 0.29) is 49.8 Å². The van der Waals surface area contributed by atoms with Gasteiger partial charge in [-0.05, 0) is 214 Å². The van der Waals surface area contributed by atoms with E-state index in [0.29, 0.717) is 11.1 Å². The Labute approximate surface area is 708 Å². The normalized spacial score (nSPS) is 12.1. The maximum atomic E-state index is 13.7. The quantitative estimate of drug-likeness (QED) is 0.0806. The SMILES string of the molecule is Cc1c(C)c(C)c(C(C)(C)C)c(C)c1C.Cc1c(F)c(C(F)(F)F)c(F)c(F)c1C(C)(C)C.Cc1c(F)c(C)c(C(C)(C)C)c(C)c1F.Cc1c(F)c(C)c(C(C)(C)C)c(F)c1F.Cc1c(F)c(F)c(C(C)(C)C)c(F)c1F.Cc1c(F)c(F)c(C(C)(C)C)c(F)c1F.Cc1c(F)c(F)c(C(C)(C)C)c(F)c1F.Cc1c(F)c(F)c(F)c(F)c1C(C)(C)C. The van der Waals surface area contributed by atoms with Crippen LogP contribution in [0.1, 0.15) is 300 Å². The summed E-state index contributed by atoms with van der Waals surface area (Å²) in [6.45, 7) is 64.7. The largest absolute Gasteiger partial charge is 0.422 e. The van der Waals surface area contributed by atoms with E-state index in [2.05, 4.69) is 55.4 Å². The first-order valence-corrected chi connectivity index (χ1v) is 38.9. The topological polar surface area (TPSA) is 0 Å². The van der Waals surface area contributed by atoms with E-state index in [1.807, 2.05) is 20.8 Å². The molecule has 0 heterocycles. The Morgan fingerprint density at radius 1 is 0.106 bits per heavy atom. The molecule has 0 unspecified atom stereocenters. The van der Waals surface area contributed by atoms with Crippen molar-refractivity contribution in [1.29, 1.82) is 0 Å². The summed E-state index contributed by atoms with van der Waals surface area (Å²) in [6, 6.07) is 0. The van der Waals surface area contributed by atoms with Gasteiger partial charge in [0.1, 0.15) is 28.8 Å². The molecule has 0 atom stereocenters. The summed E-state index contributed by atoms with van der Waals surface area (Å²) >= 11 is 0. The van der Waals surface area contributed by atoms with Crippen molar-refractivity contribution >= 4 is 0 Å². The van der Waals surface area contributed by atoms with Gasteiger partial charge in [-0.1, -0.05) is 166 Å². The Balaban J connectivity index is 0.000000703. The molecule has 0 aliphatic rings. The minimum atomic E-state index is -5.27. The third-order valence-corrected chi connectivity index (χ3v) is 20.6. The van der Waals surface area contributed by atoms with Crippen LogP contribution in [-0.2, 0) is 49.5 Å². The monoisotopic (exact) mass is 1780 g/mol. The van der Waals surface area contributed by atoms with Crippen LogP contribution in [0.15, 0.2) is 0 Å². The van der Waals surface area contributed by atoms with Gasteiger partial charge in [-0.25, -0.2) is 105 Å². The highest BCUT2D eigenvalue weighted by Crippen LogP contribution is 2.44. The molecular formula is C96H117F27. The molecule has 0 aliphatic carbocycles. The first-order valence-electron chi connectivity index (χ1n) is 38.9. The molecule has 0 spiro atoms. The van der Waals surface area contributed by atoms with Crippen molar-refractivity contribution in [2.45, 2.75) is 320 Å². The molecule has 0 saturated heterocycles. The van der Waals surface area contributed by atoms with Crippen molar-refractivity contribution in [3.63, 3.8) is 0 Å². The Hall–Kier alpha value is -8.13. The number of rotatable bonds is 0. The zero-order chi connectivity index (χ0) is 98.2. The summed E-state index contributed by atoms with van der Waals surface area (Å²) in [4.78, 5) is 0. The predicted molar refractivity (Wildman–Crippen MR) is 436 cm³/mol. The van der Waals surface area contributed by atoms with Gasteiger partial charge in [0, 0.05) is 61.2 Å². The molecule has 0 fully saturated rings. The van der Waals surface area contributed by atoms with Gasteiger partial charge < -0.3 is 0 Å². The standard InChI is InChI=1S/C15H24.C13H18F2.C12H12F6.C12H15F3.4C11H12F4/c1-9-10(2)12(4)14(15(6,7)8)13(5)11(9)3;1-7-10(13(4,5)6)8(2)12(15)9(3)11(7)14;1-5-6(11(2,3)4)9(14)10(15)7(8(5)13)12(16,17)18;1-6-8(12(3,4)5)11(15)10(14)7(2)9(6)13;3*1-5-7(12)9(14)6(11(2,3)4)10(15)8(5)13;1-5-6(11(2,3)4)8(13)10(15)9(14)7(5)12/h1-8H3;1-6H3;1-4H3;1-5H3;4*1-4H3. The van der Waals surface area contributed by atoms with Crippen LogP contribution >= 0.6 is 0 Å². The van der Waals surface area contributed by atoms with Gasteiger partial charge >= 0.3 is 6.18 Å². The summed E-state index contributed by atoms with van der Waals surface area (Å²) in [5.74, 6) is -31.0. The Morgan fingerprint density at radius 2 is 0.228 bits per heavy atom. The fourth-order valence-corrected chi connectivity index (χ4v) is 14.5. The number of hydrogen-bond donors (Lipinski definition) is 0. The van der Waals surface area contributed by atoms with Crippen molar-refractivity contribution in [3.05, 3.63) is 273 Å². The molecule has 27 heteroatoms. The number of alkyl halides is 3. The number of halogens is 27. The van der Waals surface area contributed by atoms with Crippen molar-refractivity contribution in [3.8, 4) is 0 Å². The summed E-state index contributed by atoms with van der Waals surface area (Å²) in [6.07, 6.45) is -5.27. The Morgan fingerprint density at radius 3 is 0.439 bits per heavy atom. The highest BCUT2D eigenvalue weighted by molar-refractivity contribution is 5.52. The molecule has 0 bridgehead atoms. The fraction of sp³-hybridized carbons (Fsp3) is 0.500. The minimum Gasteiger partial charge on any atom is -0.206 e. The Bertz CT molecular complexity index is 4170. The first-order chi connectivity index (χ1) is 54.6. The van der Waals surface area contributed by atoms with E-state index < -0.39 is 223 Å². The average molecular weight is 1780 g/mol. The van der Waals surface area contributed by atoms with Gasteiger partial charge in [-0.2, -0.15) is 13.2 Å². The molecule has 0 saturated carbocycles. The molecule has 123 heavy (non-hydrogen) atoms. The van der Waals surface area contributed by atoms with Crippen LogP contribution in [-0.4, -0.2) is 0 Å². The zero-order valence-corrected chi connectivity index (χ0v) is 77.7. The third-order valence-electron chi connectivity index (χ3n) is 20.6. The summed E-state index contributed by atoms with van der Waals surface area (Å²) in [7, 11) is 0. The second-order valence-electron chi connectivity index (χ2n) is 38.8. The van der Waals surface area contributed by atoms with Crippen LogP contribution in [0.4, 0.5) is 119 Å². The van der Waals surface area contributed by atoms with Crippen molar-refractivity contribution in [2.24, 2.45) is 0 Å². The van der Waals surface area contributed by atoms with Gasteiger partial charge in [0.25, 0.3) is 0 Å². The van der Waals surface area contributed by atoms with Gasteiger partial charge in [-0.3, -0.25) is 0 Å². The smallest absolute Gasteiger partial charge is 0.206 e.